The van der Waals surface area contributed by atoms with Crippen LogP contribution in [0.15, 0.2) is 132 Å². The Hall–Kier alpha value is -4.25. The van der Waals surface area contributed by atoms with E-state index in [1.807, 2.05) is 17.4 Å². The first-order valence-corrected chi connectivity index (χ1v) is 15.5. The average molecular weight is 610 g/mol. The number of nitrogens with zero attached hydrogens (tertiary/aromatic N) is 2. The number of aromatic nitrogens is 1. The highest BCUT2D eigenvalue weighted by molar-refractivity contribution is 9.10. The average Bonchev–Trinajstić information content (AvgIpc) is 3.39. The van der Waals surface area contributed by atoms with Crippen LogP contribution in [-0.2, 0) is 12.8 Å². The highest BCUT2D eigenvalue weighted by Gasteiger charge is 2.22. The largest absolute Gasteiger partial charge is 0.309 e. The van der Waals surface area contributed by atoms with Crippen molar-refractivity contribution >= 4 is 64.5 Å². The van der Waals surface area contributed by atoms with Gasteiger partial charge in [-0.05, 0) is 99.6 Å². The van der Waals surface area contributed by atoms with E-state index in [0.717, 1.165) is 28.0 Å². The van der Waals surface area contributed by atoms with Crippen LogP contribution in [-0.4, -0.2) is 4.98 Å². The maximum atomic E-state index is 4.80. The first-order chi connectivity index (χ1) is 20.2. The summed E-state index contributed by atoms with van der Waals surface area (Å²) in [7, 11) is 0. The molecule has 1 aliphatic carbocycles. The Balaban J connectivity index is 1.33. The Morgan fingerprint density at radius 2 is 1.39 bits per heavy atom. The van der Waals surface area contributed by atoms with Crippen molar-refractivity contribution in [3.05, 3.63) is 143 Å². The summed E-state index contributed by atoms with van der Waals surface area (Å²) in [6.45, 7) is 0. The van der Waals surface area contributed by atoms with E-state index in [1.165, 1.54) is 60.2 Å². The zero-order valence-corrected chi connectivity index (χ0v) is 24.6. The lowest BCUT2D eigenvalue weighted by molar-refractivity contribution is 0.839. The van der Waals surface area contributed by atoms with Crippen molar-refractivity contribution in [3.63, 3.8) is 0 Å². The zero-order valence-electron chi connectivity index (χ0n) is 22.2. The first-order valence-electron chi connectivity index (χ1n) is 13.9. The Morgan fingerprint density at radius 3 is 2.17 bits per heavy atom. The molecule has 7 aromatic rings. The van der Waals surface area contributed by atoms with E-state index < -0.39 is 0 Å². The van der Waals surface area contributed by atoms with E-state index in [0.29, 0.717) is 0 Å². The fourth-order valence-electron chi connectivity index (χ4n) is 5.96. The highest BCUT2D eigenvalue weighted by atomic mass is 79.9. The van der Waals surface area contributed by atoms with Crippen LogP contribution in [0.2, 0.25) is 0 Å². The second kappa shape index (κ2) is 9.99. The van der Waals surface area contributed by atoms with Crippen LogP contribution in [0, 0.1) is 0 Å². The summed E-state index contributed by atoms with van der Waals surface area (Å²) in [6.07, 6.45) is 2.33. The van der Waals surface area contributed by atoms with Crippen LogP contribution in [0.4, 0.5) is 17.1 Å². The van der Waals surface area contributed by atoms with Gasteiger partial charge in [-0.2, -0.15) is 0 Å². The van der Waals surface area contributed by atoms with E-state index in [-0.39, 0.29) is 0 Å². The molecule has 196 valence electrons. The van der Waals surface area contributed by atoms with Crippen molar-refractivity contribution in [2.75, 3.05) is 4.90 Å². The first kappa shape index (κ1) is 24.5. The number of benzene rings is 5. The Morgan fingerprint density at radius 1 is 0.634 bits per heavy atom. The molecule has 2 heterocycles. The standard InChI is InChI=1S/C37H25BrN2S/c38-35-14-6-11-32(39-35)30-9-5-13-34-36(30)31-10-4-12-33(37(31)41-34)40(29-22-19-26-15-16-27(26)23-29)28-20-17-25(18-21-28)24-7-2-1-3-8-24/h1-14,17-23H,15-16H2. The second-order valence-corrected chi connectivity index (χ2v) is 12.3. The summed E-state index contributed by atoms with van der Waals surface area (Å²) in [5.41, 5.74) is 11.1. The molecule has 8 rings (SSSR count). The molecule has 0 unspecified atom stereocenters. The topological polar surface area (TPSA) is 16.1 Å². The summed E-state index contributed by atoms with van der Waals surface area (Å²) in [4.78, 5) is 7.23. The fourth-order valence-corrected chi connectivity index (χ4v) is 7.54. The number of pyridine rings is 1. The lowest BCUT2D eigenvalue weighted by Gasteiger charge is -2.29. The lowest BCUT2D eigenvalue weighted by atomic mass is 9.88. The molecular weight excluding hydrogens is 584 g/mol. The van der Waals surface area contributed by atoms with E-state index in [9.17, 15) is 0 Å². The second-order valence-electron chi connectivity index (χ2n) is 10.5. The molecule has 0 atom stereocenters. The molecule has 0 aliphatic heterocycles. The van der Waals surface area contributed by atoms with Crippen LogP contribution >= 0.6 is 27.3 Å². The predicted molar refractivity (Wildman–Crippen MR) is 178 cm³/mol. The van der Waals surface area contributed by atoms with Crippen molar-refractivity contribution in [3.8, 4) is 22.4 Å². The van der Waals surface area contributed by atoms with Crippen LogP contribution < -0.4 is 4.90 Å². The third kappa shape index (κ3) is 4.26. The van der Waals surface area contributed by atoms with Gasteiger partial charge < -0.3 is 4.90 Å². The molecule has 2 nitrogen and oxygen atoms in total. The Labute approximate surface area is 251 Å². The minimum Gasteiger partial charge on any atom is -0.309 e. The summed E-state index contributed by atoms with van der Waals surface area (Å²) in [6, 6.07) is 45.9. The van der Waals surface area contributed by atoms with Gasteiger partial charge in [-0.1, -0.05) is 78.9 Å². The molecule has 0 fully saturated rings. The molecule has 41 heavy (non-hydrogen) atoms. The smallest absolute Gasteiger partial charge is 0.106 e. The molecule has 2 aromatic heterocycles. The monoisotopic (exact) mass is 608 g/mol. The van der Waals surface area contributed by atoms with Crippen LogP contribution in [0.5, 0.6) is 0 Å². The van der Waals surface area contributed by atoms with Gasteiger partial charge >= 0.3 is 0 Å². The van der Waals surface area contributed by atoms with Gasteiger partial charge in [0.2, 0.25) is 0 Å². The van der Waals surface area contributed by atoms with Crippen LogP contribution in [0.25, 0.3) is 42.6 Å². The quantitative estimate of drug-likeness (QED) is 0.181. The number of halogens is 1. The van der Waals surface area contributed by atoms with Gasteiger partial charge in [-0.15, -0.1) is 11.3 Å². The number of hydrogen-bond acceptors (Lipinski definition) is 3. The van der Waals surface area contributed by atoms with Gasteiger partial charge in [0.05, 0.1) is 16.1 Å². The van der Waals surface area contributed by atoms with Crippen molar-refractivity contribution < 1.29 is 0 Å². The Kier molecular flexibility index (Phi) is 5.98. The molecule has 5 aromatic carbocycles. The van der Waals surface area contributed by atoms with Crippen molar-refractivity contribution in [1.82, 2.24) is 4.98 Å². The highest BCUT2D eigenvalue weighted by Crippen LogP contribution is 2.47. The third-order valence-electron chi connectivity index (χ3n) is 8.08. The molecular formula is C37H25BrN2S. The molecule has 0 N–H and O–H groups in total. The van der Waals surface area contributed by atoms with E-state index in [2.05, 4.69) is 142 Å². The van der Waals surface area contributed by atoms with Crippen molar-refractivity contribution in [2.24, 2.45) is 0 Å². The molecule has 0 bridgehead atoms. The van der Waals surface area contributed by atoms with Gasteiger partial charge in [-0.3, -0.25) is 0 Å². The maximum absolute atomic E-state index is 4.80. The van der Waals surface area contributed by atoms with E-state index in [4.69, 9.17) is 4.98 Å². The van der Waals surface area contributed by atoms with Crippen molar-refractivity contribution in [1.29, 1.82) is 0 Å². The van der Waals surface area contributed by atoms with E-state index >= 15 is 0 Å². The number of anilines is 3. The van der Waals surface area contributed by atoms with Crippen molar-refractivity contribution in [2.45, 2.75) is 12.8 Å². The molecule has 0 saturated heterocycles. The van der Waals surface area contributed by atoms with E-state index in [1.54, 1.807) is 0 Å². The van der Waals surface area contributed by atoms with Gasteiger partial charge in [0, 0.05) is 32.4 Å². The number of aryl methyl sites for hydroxylation is 2. The molecule has 0 saturated carbocycles. The van der Waals surface area contributed by atoms with Gasteiger partial charge in [-0.25, -0.2) is 4.98 Å². The third-order valence-corrected chi connectivity index (χ3v) is 9.71. The molecule has 0 amide bonds. The molecule has 0 radical (unpaired) electrons. The minimum atomic E-state index is 0.845. The summed E-state index contributed by atoms with van der Waals surface area (Å²) in [5.74, 6) is 0. The van der Waals surface area contributed by atoms with Gasteiger partial charge in [0.15, 0.2) is 0 Å². The fraction of sp³-hybridized carbons (Fsp3) is 0.0541. The summed E-state index contributed by atoms with van der Waals surface area (Å²) >= 11 is 5.43. The van der Waals surface area contributed by atoms with Gasteiger partial charge in [0.1, 0.15) is 4.60 Å². The normalized spacial score (nSPS) is 12.3. The molecule has 1 aliphatic rings. The Bertz CT molecular complexity index is 2060. The number of rotatable bonds is 5. The SMILES string of the molecule is Brc1cccc(-c2cccc3sc4c(N(c5ccc(-c6ccccc6)cc5)c5ccc6c(c5)CC6)cccc4c23)n1. The maximum Gasteiger partial charge on any atom is 0.106 e. The molecule has 0 spiro atoms. The number of hydrogen-bond donors (Lipinski definition) is 0. The summed E-state index contributed by atoms with van der Waals surface area (Å²) < 4.78 is 3.39. The predicted octanol–water partition coefficient (Wildman–Crippen LogP) is 11.1. The van der Waals surface area contributed by atoms with Crippen LogP contribution in [0.1, 0.15) is 11.1 Å². The van der Waals surface area contributed by atoms with Gasteiger partial charge in [0.25, 0.3) is 0 Å². The number of thiophene rings is 1. The number of fused-ring (bicyclic) bond motifs is 4. The minimum absolute atomic E-state index is 0.845. The summed E-state index contributed by atoms with van der Waals surface area (Å²) in [5, 5.41) is 2.52. The van der Waals surface area contributed by atoms with Crippen LogP contribution in [0.3, 0.4) is 0 Å². The lowest BCUT2D eigenvalue weighted by Crippen LogP contribution is -2.14. The molecule has 4 heteroatoms. The zero-order chi connectivity index (χ0) is 27.3.